The monoisotopic (exact) mass is 403 g/mol. The molecule has 2 N–H and O–H groups in total. The quantitative estimate of drug-likeness (QED) is 0.607. The molecule has 2 atom stereocenters. The number of aromatic nitrogens is 2. The number of fused-ring (bicyclic) bond motifs is 1. The van der Waals surface area contributed by atoms with Gasteiger partial charge >= 0.3 is 0 Å². The SMILES string of the molecule is CC(Sc1ccc(Br)cc1)C(=O)NC(C)c1nc2ccccc2[nH]1. The third-order valence-corrected chi connectivity index (χ3v) is 5.31. The number of hydrogen-bond donors (Lipinski definition) is 2. The number of halogens is 1. The summed E-state index contributed by atoms with van der Waals surface area (Å²) in [6.45, 7) is 3.85. The maximum absolute atomic E-state index is 12.4. The van der Waals surface area contributed by atoms with Crippen molar-refractivity contribution in [3.8, 4) is 0 Å². The first-order valence-corrected chi connectivity index (χ1v) is 9.37. The molecule has 2 aromatic carbocycles. The van der Waals surface area contributed by atoms with Gasteiger partial charge in [0, 0.05) is 9.37 Å². The minimum absolute atomic E-state index is 0.00382. The van der Waals surface area contributed by atoms with Gasteiger partial charge in [-0.05, 0) is 50.2 Å². The van der Waals surface area contributed by atoms with Crippen LogP contribution in [0.3, 0.4) is 0 Å². The zero-order valence-corrected chi connectivity index (χ0v) is 15.8. The first-order valence-electron chi connectivity index (χ1n) is 7.70. The van der Waals surface area contributed by atoms with E-state index in [1.54, 1.807) is 0 Å². The van der Waals surface area contributed by atoms with E-state index in [1.807, 2.05) is 62.4 Å². The van der Waals surface area contributed by atoms with Gasteiger partial charge in [-0.1, -0.05) is 28.1 Å². The van der Waals surface area contributed by atoms with E-state index in [1.165, 1.54) is 11.8 Å². The van der Waals surface area contributed by atoms with Crippen molar-refractivity contribution in [1.82, 2.24) is 15.3 Å². The number of nitrogens with one attached hydrogen (secondary N) is 2. The van der Waals surface area contributed by atoms with E-state index in [0.29, 0.717) is 0 Å². The predicted molar refractivity (Wildman–Crippen MR) is 102 cm³/mol. The fraction of sp³-hybridized carbons (Fsp3) is 0.222. The van der Waals surface area contributed by atoms with Crippen LogP contribution in [0.1, 0.15) is 25.7 Å². The summed E-state index contributed by atoms with van der Waals surface area (Å²) in [5.41, 5.74) is 1.89. The van der Waals surface area contributed by atoms with Crippen LogP contribution in [-0.4, -0.2) is 21.1 Å². The van der Waals surface area contributed by atoms with Gasteiger partial charge in [0.25, 0.3) is 0 Å². The molecule has 4 nitrogen and oxygen atoms in total. The minimum Gasteiger partial charge on any atom is -0.345 e. The maximum atomic E-state index is 12.4. The third-order valence-electron chi connectivity index (χ3n) is 3.67. The summed E-state index contributed by atoms with van der Waals surface area (Å²) < 4.78 is 1.03. The molecule has 0 aliphatic heterocycles. The molecule has 0 fully saturated rings. The lowest BCUT2D eigenvalue weighted by Gasteiger charge is -2.16. The molecule has 1 amide bonds. The van der Waals surface area contributed by atoms with Crippen LogP contribution in [0.2, 0.25) is 0 Å². The normalized spacial score (nSPS) is 13.6. The largest absolute Gasteiger partial charge is 0.345 e. The fourth-order valence-electron chi connectivity index (χ4n) is 2.35. The lowest BCUT2D eigenvalue weighted by molar-refractivity contribution is -0.121. The average molecular weight is 404 g/mol. The number of nitrogens with zero attached hydrogens (tertiary/aromatic N) is 1. The Balaban J connectivity index is 1.63. The van der Waals surface area contributed by atoms with Gasteiger partial charge in [0.15, 0.2) is 0 Å². The second-order valence-corrected chi connectivity index (χ2v) is 7.91. The number of thioether (sulfide) groups is 1. The molecule has 0 saturated heterocycles. The Hall–Kier alpha value is -1.79. The number of aromatic amines is 1. The Labute approximate surface area is 153 Å². The van der Waals surface area contributed by atoms with E-state index >= 15 is 0 Å². The predicted octanol–water partition coefficient (Wildman–Crippen LogP) is 4.68. The van der Waals surface area contributed by atoms with Gasteiger partial charge in [-0.25, -0.2) is 4.98 Å². The van der Waals surface area contributed by atoms with Crippen LogP contribution in [-0.2, 0) is 4.79 Å². The highest BCUT2D eigenvalue weighted by Gasteiger charge is 2.19. The lowest BCUT2D eigenvalue weighted by Crippen LogP contribution is -2.33. The summed E-state index contributed by atoms with van der Waals surface area (Å²) in [5.74, 6) is 0.765. The van der Waals surface area contributed by atoms with Gasteiger partial charge in [0.05, 0.1) is 22.3 Å². The number of carbonyl (C=O) groups excluding carboxylic acids is 1. The van der Waals surface area contributed by atoms with Crippen molar-refractivity contribution in [3.05, 3.63) is 58.8 Å². The van der Waals surface area contributed by atoms with E-state index in [2.05, 4.69) is 31.2 Å². The Morgan fingerprint density at radius 1 is 1.17 bits per heavy atom. The number of carbonyl (C=O) groups is 1. The van der Waals surface area contributed by atoms with Crippen LogP contribution in [0.25, 0.3) is 11.0 Å². The zero-order chi connectivity index (χ0) is 17.1. The number of hydrogen-bond acceptors (Lipinski definition) is 3. The molecule has 0 spiro atoms. The van der Waals surface area contributed by atoms with Crippen molar-refractivity contribution >= 4 is 44.6 Å². The van der Waals surface area contributed by atoms with E-state index in [0.717, 1.165) is 26.2 Å². The van der Waals surface area contributed by atoms with Crippen molar-refractivity contribution in [1.29, 1.82) is 0 Å². The van der Waals surface area contributed by atoms with Gasteiger partial charge in [-0.3, -0.25) is 4.79 Å². The molecule has 2 unspecified atom stereocenters. The van der Waals surface area contributed by atoms with Gasteiger partial charge < -0.3 is 10.3 Å². The Bertz CT molecular complexity index is 814. The van der Waals surface area contributed by atoms with Crippen LogP contribution in [0, 0.1) is 0 Å². The molecule has 24 heavy (non-hydrogen) atoms. The number of rotatable bonds is 5. The number of amides is 1. The Morgan fingerprint density at radius 3 is 2.58 bits per heavy atom. The summed E-state index contributed by atoms with van der Waals surface area (Å²) in [6, 6.07) is 15.6. The standard InChI is InChI=1S/C18H18BrN3OS/c1-11(17-21-15-5-3-4-6-16(15)22-17)20-18(23)12(2)24-14-9-7-13(19)8-10-14/h3-12H,1-2H3,(H,20,23)(H,21,22). The minimum atomic E-state index is -0.182. The fourth-order valence-corrected chi connectivity index (χ4v) is 3.49. The van der Waals surface area contributed by atoms with Crippen molar-refractivity contribution in [2.75, 3.05) is 0 Å². The summed E-state index contributed by atoms with van der Waals surface area (Å²) >= 11 is 4.95. The molecule has 6 heteroatoms. The molecule has 1 heterocycles. The van der Waals surface area contributed by atoms with E-state index in [-0.39, 0.29) is 17.2 Å². The highest BCUT2D eigenvalue weighted by molar-refractivity contribution is 9.10. The summed E-state index contributed by atoms with van der Waals surface area (Å²) in [7, 11) is 0. The van der Waals surface area contributed by atoms with E-state index in [4.69, 9.17) is 0 Å². The number of benzene rings is 2. The third kappa shape index (κ3) is 3.99. The van der Waals surface area contributed by atoms with Crippen LogP contribution >= 0.6 is 27.7 Å². The molecule has 124 valence electrons. The maximum Gasteiger partial charge on any atom is 0.233 e. The highest BCUT2D eigenvalue weighted by Crippen LogP contribution is 2.25. The number of para-hydroxylation sites is 2. The molecule has 3 rings (SSSR count). The molecule has 0 aliphatic rings. The highest BCUT2D eigenvalue weighted by atomic mass is 79.9. The van der Waals surface area contributed by atoms with Crippen LogP contribution in [0.4, 0.5) is 0 Å². The molecule has 3 aromatic rings. The van der Waals surface area contributed by atoms with E-state index in [9.17, 15) is 4.79 Å². The zero-order valence-electron chi connectivity index (χ0n) is 13.4. The number of H-pyrrole nitrogens is 1. The van der Waals surface area contributed by atoms with Crippen LogP contribution in [0.15, 0.2) is 57.9 Å². The smallest absolute Gasteiger partial charge is 0.233 e. The molecule has 0 saturated carbocycles. The van der Waals surface area contributed by atoms with Crippen LogP contribution in [0.5, 0.6) is 0 Å². The van der Waals surface area contributed by atoms with Gasteiger partial charge in [-0.2, -0.15) is 0 Å². The van der Waals surface area contributed by atoms with Crippen LogP contribution < -0.4 is 5.32 Å². The van der Waals surface area contributed by atoms with Crippen molar-refractivity contribution in [2.24, 2.45) is 0 Å². The molecule has 0 bridgehead atoms. The summed E-state index contributed by atoms with van der Waals surface area (Å²) in [5, 5.41) is 2.84. The molecular formula is C18H18BrN3OS. The second kappa shape index (κ2) is 7.40. The summed E-state index contributed by atoms with van der Waals surface area (Å²) in [6.07, 6.45) is 0. The first-order chi connectivity index (χ1) is 11.5. The summed E-state index contributed by atoms with van der Waals surface area (Å²) in [4.78, 5) is 21.3. The number of imidazole rings is 1. The molecule has 1 aromatic heterocycles. The Morgan fingerprint density at radius 2 is 1.88 bits per heavy atom. The van der Waals surface area contributed by atoms with Crippen molar-refractivity contribution in [2.45, 2.75) is 30.0 Å². The molecule has 0 radical (unpaired) electrons. The lowest BCUT2D eigenvalue weighted by atomic mass is 10.3. The van der Waals surface area contributed by atoms with Gasteiger partial charge in [0.1, 0.15) is 5.82 Å². The van der Waals surface area contributed by atoms with Crippen molar-refractivity contribution in [3.63, 3.8) is 0 Å². The van der Waals surface area contributed by atoms with E-state index < -0.39 is 0 Å². The topological polar surface area (TPSA) is 57.8 Å². The van der Waals surface area contributed by atoms with Crippen molar-refractivity contribution < 1.29 is 4.79 Å². The average Bonchev–Trinajstić information content (AvgIpc) is 3.01. The Kier molecular flexibility index (Phi) is 5.26. The van der Waals surface area contributed by atoms with Gasteiger partial charge in [-0.15, -0.1) is 11.8 Å². The second-order valence-electron chi connectivity index (χ2n) is 5.58. The first kappa shape index (κ1) is 17.0. The molecular weight excluding hydrogens is 386 g/mol. The molecule has 0 aliphatic carbocycles. The van der Waals surface area contributed by atoms with Gasteiger partial charge in [0.2, 0.25) is 5.91 Å².